The van der Waals surface area contributed by atoms with Gasteiger partial charge in [0, 0.05) is 11.1 Å². The molecule has 6 heteroatoms. The van der Waals surface area contributed by atoms with Crippen LogP contribution in [0, 0.1) is 0 Å². The molecule has 0 aliphatic rings. The second-order valence-corrected chi connectivity index (χ2v) is 3.80. The van der Waals surface area contributed by atoms with Gasteiger partial charge in [-0.3, -0.25) is 9.79 Å². The molecule has 0 aromatic heterocycles. The Bertz CT molecular complexity index is 370. The first-order chi connectivity index (χ1) is 6.53. The Balaban J connectivity index is 2.91. The summed E-state index contributed by atoms with van der Waals surface area (Å²) >= 11 is 5.38. The number of rotatable bonds is 3. The van der Waals surface area contributed by atoms with E-state index in [2.05, 4.69) is 4.52 Å². The van der Waals surface area contributed by atoms with E-state index >= 15 is 0 Å². The van der Waals surface area contributed by atoms with E-state index < -0.39 is 7.82 Å². The quantitative estimate of drug-likeness (QED) is 0.622. The van der Waals surface area contributed by atoms with Crippen molar-refractivity contribution in [3.05, 3.63) is 41.4 Å². The molecule has 1 aromatic carbocycles. The molecule has 0 radical (unpaired) electrons. The van der Waals surface area contributed by atoms with Crippen LogP contribution in [0.15, 0.2) is 35.9 Å². The minimum Gasteiger partial charge on any atom is -0.403 e. The maximum atomic E-state index is 10.5. The molecule has 14 heavy (non-hydrogen) atoms. The van der Waals surface area contributed by atoms with Crippen molar-refractivity contribution >= 4 is 25.2 Å². The van der Waals surface area contributed by atoms with Crippen LogP contribution in [-0.2, 0) is 9.09 Å². The van der Waals surface area contributed by atoms with Crippen molar-refractivity contribution in [2.45, 2.75) is 0 Å². The fourth-order valence-corrected chi connectivity index (χ4v) is 1.51. The van der Waals surface area contributed by atoms with Crippen molar-refractivity contribution in [2.24, 2.45) is 0 Å². The summed E-state index contributed by atoms with van der Waals surface area (Å²) in [6.45, 7) is 0. The number of hydrogen-bond acceptors (Lipinski definition) is 2. The fourth-order valence-electron chi connectivity index (χ4n) is 0.866. The first kappa shape index (κ1) is 11.3. The summed E-state index contributed by atoms with van der Waals surface area (Å²) in [5.74, 6) is -0.0550. The number of benzene rings is 1. The highest BCUT2D eigenvalue weighted by molar-refractivity contribution is 7.46. The molecule has 0 unspecified atom stereocenters. The van der Waals surface area contributed by atoms with E-state index in [1.807, 2.05) is 0 Å². The van der Waals surface area contributed by atoms with Gasteiger partial charge in [0.1, 0.15) is 5.76 Å². The normalized spacial score (nSPS) is 12.6. The maximum absolute atomic E-state index is 10.5. The van der Waals surface area contributed by atoms with Gasteiger partial charge in [-0.1, -0.05) is 41.9 Å². The van der Waals surface area contributed by atoms with Gasteiger partial charge in [-0.05, 0) is 0 Å². The van der Waals surface area contributed by atoms with Crippen molar-refractivity contribution in [2.75, 3.05) is 0 Å². The highest BCUT2D eigenvalue weighted by Gasteiger charge is 2.18. The van der Waals surface area contributed by atoms with Gasteiger partial charge < -0.3 is 4.52 Å². The maximum Gasteiger partial charge on any atom is 0.524 e. The van der Waals surface area contributed by atoms with Gasteiger partial charge >= 0.3 is 7.82 Å². The van der Waals surface area contributed by atoms with Crippen LogP contribution in [0.1, 0.15) is 5.56 Å². The number of hydrogen-bond donors (Lipinski definition) is 2. The predicted octanol–water partition coefficient (Wildman–Crippen LogP) is 2.33. The molecule has 0 spiro atoms. The van der Waals surface area contributed by atoms with Gasteiger partial charge in [0.25, 0.3) is 0 Å². The van der Waals surface area contributed by atoms with Crippen molar-refractivity contribution in [3.8, 4) is 0 Å². The topological polar surface area (TPSA) is 66.8 Å². The summed E-state index contributed by atoms with van der Waals surface area (Å²) in [6.07, 6.45) is 0. The third-order valence-corrected chi connectivity index (χ3v) is 2.01. The molecule has 76 valence electrons. The molecule has 0 aliphatic carbocycles. The van der Waals surface area contributed by atoms with Crippen molar-refractivity contribution < 1.29 is 18.9 Å². The van der Waals surface area contributed by atoms with E-state index in [1.54, 1.807) is 30.3 Å². The average molecular weight is 235 g/mol. The molecular weight excluding hydrogens is 227 g/mol. The third-order valence-electron chi connectivity index (χ3n) is 1.37. The average Bonchev–Trinajstić information content (AvgIpc) is 2.14. The van der Waals surface area contributed by atoms with Crippen LogP contribution in [0.2, 0.25) is 0 Å². The van der Waals surface area contributed by atoms with Gasteiger partial charge in [0.2, 0.25) is 0 Å². The van der Waals surface area contributed by atoms with Crippen LogP contribution in [0.4, 0.5) is 0 Å². The number of halogens is 1. The number of phosphoric ester groups is 1. The van der Waals surface area contributed by atoms with E-state index in [4.69, 9.17) is 21.4 Å². The summed E-state index contributed by atoms with van der Waals surface area (Å²) in [5.41, 5.74) is 1.49. The molecule has 4 nitrogen and oxygen atoms in total. The Hall–Kier alpha value is -0.800. The Morgan fingerprint density at radius 3 is 2.36 bits per heavy atom. The lowest BCUT2D eigenvalue weighted by molar-refractivity contribution is 0.269. The van der Waals surface area contributed by atoms with Gasteiger partial charge in [-0.15, -0.1) is 0 Å². The van der Waals surface area contributed by atoms with Crippen LogP contribution in [0.5, 0.6) is 0 Å². The lowest BCUT2D eigenvalue weighted by Crippen LogP contribution is -1.89. The fraction of sp³-hybridized carbons (Fsp3) is 0. The molecule has 0 amide bonds. The van der Waals surface area contributed by atoms with Crippen LogP contribution in [0.3, 0.4) is 0 Å². The molecule has 0 bridgehead atoms. The second kappa shape index (κ2) is 4.62. The van der Waals surface area contributed by atoms with Crippen molar-refractivity contribution in [1.29, 1.82) is 0 Å². The molecule has 0 fully saturated rings. The lowest BCUT2D eigenvalue weighted by Gasteiger charge is -2.09. The summed E-state index contributed by atoms with van der Waals surface area (Å²) in [5, 5.41) is 0. The summed E-state index contributed by atoms with van der Waals surface area (Å²) < 4.78 is 14.9. The number of phosphoric acid groups is 1. The highest BCUT2D eigenvalue weighted by atomic mass is 35.5. The monoisotopic (exact) mass is 234 g/mol. The van der Waals surface area contributed by atoms with Gasteiger partial charge in [-0.25, -0.2) is 4.57 Å². The molecule has 2 N–H and O–H groups in total. The highest BCUT2D eigenvalue weighted by Crippen LogP contribution is 2.41. The summed E-state index contributed by atoms with van der Waals surface area (Å²) in [7, 11) is -4.56. The first-order valence-electron chi connectivity index (χ1n) is 3.64. The van der Waals surface area contributed by atoms with E-state index in [0.29, 0.717) is 5.56 Å². The van der Waals surface area contributed by atoms with Gasteiger partial charge in [-0.2, -0.15) is 0 Å². The Morgan fingerprint density at radius 1 is 1.36 bits per heavy atom. The molecule has 0 atom stereocenters. The zero-order valence-corrected chi connectivity index (χ0v) is 8.65. The minimum absolute atomic E-state index is 0.0550. The molecular formula is C8H8ClO4P. The zero-order valence-electron chi connectivity index (χ0n) is 7.00. The Kier molecular flexibility index (Phi) is 3.72. The molecule has 0 saturated carbocycles. The van der Waals surface area contributed by atoms with E-state index in [9.17, 15) is 4.57 Å². The minimum atomic E-state index is -4.56. The SMILES string of the molecule is O=P(O)(O)OC(=CCl)c1ccccc1. The van der Waals surface area contributed by atoms with Crippen molar-refractivity contribution in [1.82, 2.24) is 0 Å². The predicted molar refractivity (Wildman–Crippen MR) is 53.4 cm³/mol. The standard InChI is InChI=1S/C8H8ClO4P/c9-6-8(13-14(10,11)12)7-4-2-1-3-5-7/h1-6H,(H2,10,11,12). The van der Waals surface area contributed by atoms with Crippen LogP contribution >= 0.6 is 19.4 Å². The Labute approximate surface area is 86.0 Å². The largest absolute Gasteiger partial charge is 0.524 e. The van der Waals surface area contributed by atoms with Crippen LogP contribution < -0.4 is 0 Å². The van der Waals surface area contributed by atoms with Crippen molar-refractivity contribution in [3.63, 3.8) is 0 Å². The molecule has 0 saturated heterocycles. The van der Waals surface area contributed by atoms with Crippen LogP contribution in [0.25, 0.3) is 5.76 Å². The van der Waals surface area contributed by atoms with Gasteiger partial charge in [0.05, 0.1) is 0 Å². The van der Waals surface area contributed by atoms with E-state index in [0.717, 1.165) is 5.54 Å². The molecule has 0 heterocycles. The summed E-state index contributed by atoms with van der Waals surface area (Å²) in [4.78, 5) is 17.1. The second-order valence-electron chi connectivity index (χ2n) is 2.42. The van der Waals surface area contributed by atoms with E-state index in [-0.39, 0.29) is 5.76 Å². The molecule has 0 aliphatic heterocycles. The van der Waals surface area contributed by atoms with E-state index in [1.165, 1.54) is 0 Å². The van der Waals surface area contributed by atoms with Gasteiger partial charge in [0.15, 0.2) is 0 Å². The zero-order chi connectivity index (χ0) is 10.6. The third kappa shape index (κ3) is 3.52. The summed E-state index contributed by atoms with van der Waals surface area (Å²) in [6, 6.07) is 8.44. The molecule has 1 aromatic rings. The lowest BCUT2D eigenvalue weighted by atomic mass is 10.2. The van der Waals surface area contributed by atoms with Crippen LogP contribution in [-0.4, -0.2) is 9.79 Å². The Morgan fingerprint density at radius 2 is 1.93 bits per heavy atom. The first-order valence-corrected chi connectivity index (χ1v) is 5.60. The molecule has 1 rings (SSSR count). The smallest absolute Gasteiger partial charge is 0.403 e.